The Kier molecular flexibility index (Phi) is 5.81. The smallest absolute Gasteiger partial charge is 0.409 e. The number of aryl methyl sites for hydroxylation is 1. The van der Waals surface area contributed by atoms with Crippen molar-refractivity contribution in [1.29, 1.82) is 0 Å². The molecule has 22 heavy (non-hydrogen) atoms. The van der Waals surface area contributed by atoms with Crippen LogP contribution in [-0.4, -0.2) is 36.6 Å². The molecular formula is C17H24N2O3. The fraction of sp³-hybridized carbons (Fsp3) is 0.529. The molecule has 0 aliphatic carbocycles. The molecule has 1 unspecified atom stereocenters. The molecule has 1 aliphatic rings. The van der Waals surface area contributed by atoms with Crippen LogP contribution in [-0.2, 0) is 16.0 Å². The number of hydrogen-bond acceptors (Lipinski definition) is 3. The fourth-order valence-electron chi connectivity index (χ4n) is 2.64. The van der Waals surface area contributed by atoms with Gasteiger partial charge in [-0.15, -0.1) is 0 Å². The molecule has 0 spiro atoms. The third-order valence-electron chi connectivity index (χ3n) is 3.95. The lowest BCUT2D eigenvalue weighted by atomic mass is 9.97. The molecule has 5 nitrogen and oxygen atoms in total. The minimum absolute atomic E-state index is 0.0294. The van der Waals surface area contributed by atoms with Gasteiger partial charge < -0.3 is 15.0 Å². The number of rotatable bonds is 4. The minimum atomic E-state index is -0.327. The second kappa shape index (κ2) is 7.82. The first-order valence-corrected chi connectivity index (χ1v) is 7.95. The van der Waals surface area contributed by atoms with Crippen LogP contribution < -0.4 is 5.32 Å². The molecule has 120 valence electrons. The van der Waals surface area contributed by atoms with E-state index >= 15 is 0 Å². The van der Waals surface area contributed by atoms with E-state index in [2.05, 4.69) is 12.2 Å². The van der Waals surface area contributed by atoms with E-state index in [0.717, 1.165) is 24.9 Å². The van der Waals surface area contributed by atoms with Crippen molar-refractivity contribution < 1.29 is 14.3 Å². The van der Waals surface area contributed by atoms with Gasteiger partial charge in [0.15, 0.2) is 0 Å². The molecule has 5 heteroatoms. The van der Waals surface area contributed by atoms with Crippen LogP contribution >= 0.6 is 0 Å². The summed E-state index contributed by atoms with van der Waals surface area (Å²) in [5.41, 5.74) is 2.04. The molecule has 1 aromatic rings. The maximum atomic E-state index is 12.4. The van der Waals surface area contributed by atoms with Crippen molar-refractivity contribution in [2.75, 3.05) is 25.0 Å². The van der Waals surface area contributed by atoms with Crippen LogP contribution in [0.5, 0.6) is 0 Å². The van der Waals surface area contributed by atoms with Gasteiger partial charge in [0.2, 0.25) is 5.91 Å². The number of likely N-dealkylation sites (tertiary alicyclic amines) is 1. The van der Waals surface area contributed by atoms with Crippen LogP contribution in [0.25, 0.3) is 0 Å². The molecule has 1 aliphatic heterocycles. The highest BCUT2D eigenvalue weighted by molar-refractivity contribution is 5.93. The summed E-state index contributed by atoms with van der Waals surface area (Å²) in [4.78, 5) is 25.7. The number of hydrogen-bond donors (Lipinski definition) is 1. The van der Waals surface area contributed by atoms with E-state index in [4.69, 9.17) is 4.74 Å². The largest absolute Gasteiger partial charge is 0.450 e. The van der Waals surface area contributed by atoms with E-state index in [1.54, 1.807) is 11.8 Å². The number of benzene rings is 1. The highest BCUT2D eigenvalue weighted by atomic mass is 16.6. The van der Waals surface area contributed by atoms with E-state index in [0.29, 0.717) is 19.7 Å². The Morgan fingerprint density at radius 3 is 2.64 bits per heavy atom. The zero-order valence-electron chi connectivity index (χ0n) is 13.3. The van der Waals surface area contributed by atoms with Crippen LogP contribution in [0.15, 0.2) is 24.3 Å². The molecule has 0 radical (unpaired) electrons. The van der Waals surface area contributed by atoms with Crippen molar-refractivity contribution in [3.05, 3.63) is 29.8 Å². The highest BCUT2D eigenvalue weighted by Gasteiger charge is 2.29. The molecular weight excluding hydrogens is 280 g/mol. The van der Waals surface area contributed by atoms with Crippen molar-refractivity contribution in [2.45, 2.75) is 33.1 Å². The summed E-state index contributed by atoms with van der Waals surface area (Å²) < 4.78 is 5.01. The van der Waals surface area contributed by atoms with Crippen LogP contribution in [0.4, 0.5) is 10.5 Å². The Labute approximate surface area is 131 Å². The number of nitrogens with one attached hydrogen (secondary N) is 1. The Morgan fingerprint density at radius 1 is 1.27 bits per heavy atom. The van der Waals surface area contributed by atoms with Gasteiger partial charge in [-0.05, 0) is 43.9 Å². The van der Waals surface area contributed by atoms with Gasteiger partial charge in [0, 0.05) is 18.8 Å². The first kappa shape index (κ1) is 16.3. The summed E-state index contributed by atoms with van der Waals surface area (Å²) in [6.45, 7) is 5.33. The molecule has 0 aromatic heterocycles. The van der Waals surface area contributed by atoms with E-state index in [-0.39, 0.29) is 17.9 Å². The van der Waals surface area contributed by atoms with E-state index in [1.807, 2.05) is 24.3 Å². The maximum Gasteiger partial charge on any atom is 0.409 e. The normalized spacial score (nSPS) is 17.9. The predicted octanol–water partition coefficient (Wildman–Crippen LogP) is 3.06. The lowest BCUT2D eigenvalue weighted by Gasteiger charge is -2.31. The number of nitrogens with zero attached hydrogens (tertiary/aromatic N) is 1. The molecule has 0 saturated carbocycles. The summed E-state index contributed by atoms with van der Waals surface area (Å²) in [5, 5.41) is 2.94. The topological polar surface area (TPSA) is 58.6 Å². The third kappa shape index (κ3) is 4.23. The van der Waals surface area contributed by atoms with E-state index in [1.165, 1.54) is 5.56 Å². The van der Waals surface area contributed by atoms with Crippen molar-refractivity contribution in [2.24, 2.45) is 5.92 Å². The standard InChI is InChI=1S/C17H24N2O3/c1-3-13-7-9-15(10-8-13)18-16(20)14-6-5-11-19(12-14)17(21)22-4-2/h7-10,14H,3-6,11-12H2,1-2H3,(H,18,20). The summed E-state index contributed by atoms with van der Waals surface area (Å²) in [6.07, 6.45) is 2.28. The van der Waals surface area contributed by atoms with Crippen molar-refractivity contribution in [3.63, 3.8) is 0 Å². The number of piperidine rings is 1. The lowest BCUT2D eigenvalue weighted by molar-refractivity contribution is -0.121. The zero-order valence-corrected chi connectivity index (χ0v) is 13.3. The van der Waals surface area contributed by atoms with E-state index in [9.17, 15) is 9.59 Å². The maximum absolute atomic E-state index is 12.4. The molecule has 1 atom stereocenters. The molecule has 1 saturated heterocycles. The van der Waals surface area contributed by atoms with Crippen molar-refractivity contribution in [3.8, 4) is 0 Å². The SMILES string of the molecule is CCOC(=O)N1CCCC(C(=O)Nc2ccc(CC)cc2)C1. The number of carbonyl (C=O) groups is 2. The van der Waals surface area contributed by atoms with Crippen LogP contribution in [0.1, 0.15) is 32.3 Å². The third-order valence-corrected chi connectivity index (χ3v) is 3.95. The summed E-state index contributed by atoms with van der Waals surface area (Å²) >= 11 is 0. The predicted molar refractivity (Wildman–Crippen MR) is 85.8 cm³/mol. The van der Waals surface area contributed by atoms with Gasteiger partial charge >= 0.3 is 6.09 Å². The molecule has 1 aromatic carbocycles. The van der Waals surface area contributed by atoms with Crippen LogP contribution in [0.2, 0.25) is 0 Å². The first-order valence-electron chi connectivity index (χ1n) is 7.95. The summed E-state index contributed by atoms with van der Waals surface area (Å²) in [5.74, 6) is -0.206. The summed E-state index contributed by atoms with van der Waals surface area (Å²) in [6, 6.07) is 7.87. The van der Waals surface area contributed by atoms with Gasteiger partial charge in [-0.3, -0.25) is 4.79 Å². The van der Waals surface area contributed by atoms with Gasteiger partial charge in [0.25, 0.3) is 0 Å². The quantitative estimate of drug-likeness (QED) is 0.930. The van der Waals surface area contributed by atoms with Gasteiger partial charge in [-0.25, -0.2) is 4.79 Å². The average molecular weight is 304 g/mol. The summed E-state index contributed by atoms with van der Waals surface area (Å²) in [7, 11) is 0. The zero-order chi connectivity index (χ0) is 15.9. The van der Waals surface area contributed by atoms with Crippen LogP contribution in [0, 0.1) is 5.92 Å². The van der Waals surface area contributed by atoms with Gasteiger partial charge in [-0.1, -0.05) is 19.1 Å². The van der Waals surface area contributed by atoms with Gasteiger partial charge in [0.05, 0.1) is 12.5 Å². The Morgan fingerprint density at radius 2 is 2.00 bits per heavy atom. The lowest BCUT2D eigenvalue weighted by Crippen LogP contribution is -2.44. The van der Waals surface area contributed by atoms with E-state index < -0.39 is 0 Å². The highest BCUT2D eigenvalue weighted by Crippen LogP contribution is 2.20. The second-order valence-electron chi connectivity index (χ2n) is 5.52. The van der Waals surface area contributed by atoms with Crippen molar-refractivity contribution in [1.82, 2.24) is 4.90 Å². The molecule has 1 N–H and O–H groups in total. The molecule has 2 rings (SSSR count). The van der Waals surface area contributed by atoms with Crippen LogP contribution in [0.3, 0.4) is 0 Å². The molecule has 1 fully saturated rings. The van der Waals surface area contributed by atoms with Gasteiger partial charge in [-0.2, -0.15) is 0 Å². The number of carbonyl (C=O) groups excluding carboxylic acids is 2. The number of amides is 2. The van der Waals surface area contributed by atoms with Crippen molar-refractivity contribution >= 4 is 17.7 Å². The first-order chi connectivity index (χ1) is 10.6. The molecule has 0 bridgehead atoms. The Bertz CT molecular complexity index is 513. The minimum Gasteiger partial charge on any atom is -0.450 e. The Balaban J connectivity index is 1.92. The average Bonchev–Trinajstić information content (AvgIpc) is 2.56. The Hall–Kier alpha value is -2.04. The fourth-order valence-corrected chi connectivity index (χ4v) is 2.64. The number of ether oxygens (including phenoxy) is 1. The molecule has 2 amide bonds. The number of anilines is 1. The molecule has 1 heterocycles. The second-order valence-corrected chi connectivity index (χ2v) is 5.52. The van der Waals surface area contributed by atoms with Gasteiger partial charge in [0.1, 0.15) is 0 Å². The monoisotopic (exact) mass is 304 g/mol.